The topological polar surface area (TPSA) is 99.2 Å². The van der Waals surface area contributed by atoms with Gasteiger partial charge in [-0.3, -0.25) is 4.68 Å². The predicted molar refractivity (Wildman–Crippen MR) is 98.3 cm³/mol. The number of aromatic nitrogens is 2. The monoisotopic (exact) mass is 392 g/mol. The summed E-state index contributed by atoms with van der Waals surface area (Å²) in [7, 11) is -3.63. The highest BCUT2D eigenvalue weighted by atomic mass is 35.5. The van der Waals surface area contributed by atoms with Gasteiger partial charge in [-0.05, 0) is 31.6 Å². The molecule has 2 aliphatic rings. The number of ether oxygens (including phenoxy) is 1. The molecule has 2 heterocycles. The van der Waals surface area contributed by atoms with Crippen LogP contribution in [0.1, 0.15) is 51.5 Å². The minimum absolute atomic E-state index is 0. The molecule has 3 N–H and O–H groups in total. The van der Waals surface area contributed by atoms with Crippen LogP contribution in [-0.4, -0.2) is 43.5 Å². The van der Waals surface area contributed by atoms with Gasteiger partial charge in [-0.1, -0.05) is 19.8 Å². The summed E-state index contributed by atoms with van der Waals surface area (Å²) in [6.07, 6.45) is 8.72. The lowest BCUT2D eigenvalue weighted by atomic mass is 9.74. The highest BCUT2D eigenvalue weighted by molar-refractivity contribution is 7.89. The van der Waals surface area contributed by atoms with Crippen LogP contribution in [0, 0.1) is 5.92 Å². The summed E-state index contributed by atoms with van der Waals surface area (Å²) in [6, 6.07) is 0.208. The third kappa shape index (κ3) is 4.36. The fraction of sp³-hybridized carbons (Fsp3) is 0.812. The third-order valence-corrected chi connectivity index (χ3v) is 7.11. The molecule has 1 aromatic rings. The highest BCUT2D eigenvalue weighted by Crippen LogP contribution is 2.34. The molecule has 2 atom stereocenters. The van der Waals surface area contributed by atoms with Gasteiger partial charge in [0, 0.05) is 31.5 Å². The van der Waals surface area contributed by atoms with Gasteiger partial charge < -0.3 is 10.5 Å². The Bertz CT molecular complexity index is 660. The van der Waals surface area contributed by atoms with E-state index < -0.39 is 15.6 Å². The number of sulfonamides is 1. The van der Waals surface area contributed by atoms with Crippen LogP contribution in [0.25, 0.3) is 0 Å². The molecule has 7 nitrogen and oxygen atoms in total. The maximum absolute atomic E-state index is 12.9. The van der Waals surface area contributed by atoms with E-state index in [1.165, 1.54) is 6.20 Å². The molecule has 2 unspecified atom stereocenters. The second-order valence-electron chi connectivity index (χ2n) is 7.11. The molecule has 3 rings (SSSR count). The van der Waals surface area contributed by atoms with E-state index in [0.29, 0.717) is 19.8 Å². The minimum atomic E-state index is -3.63. The van der Waals surface area contributed by atoms with Crippen molar-refractivity contribution in [2.75, 3.05) is 19.8 Å². The summed E-state index contributed by atoms with van der Waals surface area (Å²) in [4.78, 5) is 0.222. The van der Waals surface area contributed by atoms with Crippen molar-refractivity contribution in [1.29, 1.82) is 0 Å². The molecular weight excluding hydrogens is 364 g/mol. The van der Waals surface area contributed by atoms with Gasteiger partial charge in [0.1, 0.15) is 4.90 Å². The second kappa shape index (κ2) is 8.35. The van der Waals surface area contributed by atoms with Crippen LogP contribution in [0.4, 0.5) is 0 Å². The van der Waals surface area contributed by atoms with E-state index in [2.05, 4.69) is 16.7 Å². The van der Waals surface area contributed by atoms with E-state index in [1.807, 2.05) is 0 Å². The number of nitrogens with two attached hydrogens (primary N) is 1. The Hall–Kier alpha value is -0.670. The standard InChI is InChI=1S/C16H28N4O3S.ClH/c1-13-4-2-3-7-16(13,12-17)19-24(21,22)15-10-18-20(11-15)14-5-8-23-9-6-14;/h10-11,13-14,19H,2-9,12,17H2,1H3;1H. The molecule has 0 radical (unpaired) electrons. The third-order valence-electron chi connectivity index (χ3n) is 5.61. The van der Waals surface area contributed by atoms with Crippen molar-refractivity contribution in [2.45, 2.75) is 61.9 Å². The first-order valence-electron chi connectivity index (χ1n) is 8.83. The molecule has 144 valence electrons. The fourth-order valence-electron chi connectivity index (χ4n) is 3.85. The van der Waals surface area contributed by atoms with Crippen molar-refractivity contribution in [3.05, 3.63) is 12.4 Å². The molecule has 0 spiro atoms. The normalized spacial score (nSPS) is 28.5. The molecule has 0 amide bonds. The van der Waals surface area contributed by atoms with Crippen LogP contribution in [0.3, 0.4) is 0 Å². The van der Waals surface area contributed by atoms with Crippen LogP contribution in [0.2, 0.25) is 0 Å². The van der Waals surface area contributed by atoms with Gasteiger partial charge in [0.05, 0.1) is 12.2 Å². The molecule has 1 aromatic heterocycles. The zero-order chi connectivity index (χ0) is 17.2. The Labute approximate surface area is 156 Å². The average Bonchev–Trinajstić information content (AvgIpc) is 3.09. The van der Waals surface area contributed by atoms with E-state index in [9.17, 15) is 8.42 Å². The number of hydrogen-bond acceptors (Lipinski definition) is 5. The maximum atomic E-state index is 12.9. The molecule has 9 heteroatoms. The summed E-state index contributed by atoms with van der Waals surface area (Å²) < 4.78 is 35.7. The summed E-state index contributed by atoms with van der Waals surface area (Å²) in [5, 5.41) is 4.28. The number of hydrogen-bond donors (Lipinski definition) is 2. The molecule has 1 aliphatic heterocycles. The molecular formula is C16H29ClN4O3S. The number of nitrogens with zero attached hydrogens (tertiary/aromatic N) is 2. The molecule has 1 saturated carbocycles. The van der Waals surface area contributed by atoms with Gasteiger partial charge in [-0.15, -0.1) is 12.4 Å². The lowest BCUT2D eigenvalue weighted by Gasteiger charge is -2.42. The maximum Gasteiger partial charge on any atom is 0.244 e. The number of halogens is 1. The lowest BCUT2D eigenvalue weighted by molar-refractivity contribution is 0.0662. The van der Waals surface area contributed by atoms with E-state index in [4.69, 9.17) is 10.5 Å². The van der Waals surface area contributed by atoms with Gasteiger partial charge in [0.15, 0.2) is 0 Å². The Morgan fingerprint density at radius 2 is 2.08 bits per heavy atom. The Balaban J connectivity index is 0.00000225. The molecule has 0 aromatic carbocycles. The summed E-state index contributed by atoms with van der Waals surface area (Å²) >= 11 is 0. The largest absolute Gasteiger partial charge is 0.381 e. The van der Waals surface area contributed by atoms with Gasteiger partial charge in [-0.25, -0.2) is 13.1 Å². The van der Waals surface area contributed by atoms with E-state index in [1.54, 1.807) is 10.9 Å². The Morgan fingerprint density at radius 3 is 2.72 bits per heavy atom. The molecule has 1 aliphatic carbocycles. The SMILES string of the molecule is CC1CCCCC1(CN)NS(=O)(=O)c1cnn(C2CCOCC2)c1.Cl. The Kier molecular flexibility index (Phi) is 6.89. The highest BCUT2D eigenvalue weighted by Gasteiger charge is 2.41. The summed E-state index contributed by atoms with van der Waals surface area (Å²) in [6.45, 7) is 3.79. The zero-order valence-corrected chi connectivity index (χ0v) is 16.3. The van der Waals surface area contributed by atoms with Gasteiger partial charge in [0.2, 0.25) is 10.0 Å². The Morgan fingerprint density at radius 1 is 1.36 bits per heavy atom. The zero-order valence-electron chi connectivity index (χ0n) is 14.7. The fourth-order valence-corrected chi connectivity index (χ4v) is 5.32. The van der Waals surface area contributed by atoms with Gasteiger partial charge in [0.25, 0.3) is 0 Å². The van der Waals surface area contributed by atoms with Gasteiger partial charge in [-0.2, -0.15) is 5.10 Å². The first-order valence-corrected chi connectivity index (χ1v) is 10.3. The predicted octanol–water partition coefficient (Wildman–Crippen LogP) is 1.84. The minimum Gasteiger partial charge on any atom is -0.381 e. The molecule has 25 heavy (non-hydrogen) atoms. The van der Waals surface area contributed by atoms with Crippen LogP contribution in [-0.2, 0) is 14.8 Å². The van der Waals surface area contributed by atoms with Crippen LogP contribution >= 0.6 is 12.4 Å². The van der Waals surface area contributed by atoms with Crippen molar-refractivity contribution < 1.29 is 13.2 Å². The van der Waals surface area contributed by atoms with E-state index in [-0.39, 0.29) is 29.3 Å². The average molecular weight is 393 g/mol. The van der Waals surface area contributed by atoms with E-state index in [0.717, 1.165) is 38.5 Å². The van der Waals surface area contributed by atoms with Crippen molar-refractivity contribution in [1.82, 2.24) is 14.5 Å². The van der Waals surface area contributed by atoms with Crippen molar-refractivity contribution in [2.24, 2.45) is 11.7 Å². The van der Waals surface area contributed by atoms with Crippen LogP contribution in [0.5, 0.6) is 0 Å². The van der Waals surface area contributed by atoms with Crippen molar-refractivity contribution in [3.8, 4) is 0 Å². The van der Waals surface area contributed by atoms with Crippen molar-refractivity contribution in [3.63, 3.8) is 0 Å². The van der Waals surface area contributed by atoms with Crippen molar-refractivity contribution >= 4 is 22.4 Å². The first kappa shape index (κ1) is 20.6. The smallest absolute Gasteiger partial charge is 0.244 e. The van der Waals surface area contributed by atoms with Crippen LogP contribution < -0.4 is 10.5 Å². The first-order chi connectivity index (χ1) is 11.5. The van der Waals surface area contributed by atoms with Gasteiger partial charge >= 0.3 is 0 Å². The molecule has 0 bridgehead atoms. The second-order valence-corrected chi connectivity index (χ2v) is 8.79. The number of nitrogens with one attached hydrogen (secondary N) is 1. The molecule has 1 saturated heterocycles. The number of rotatable bonds is 5. The van der Waals surface area contributed by atoms with Crippen LogP contribution in [0.15, 0.2) is 17.3 Å². The quantitative estimate of drug-likeness (QED) is 0.796. The summed E-state index contributed by atoms with van der Waals surface area (Å²) in [5.74, 6) is 0.233. The lowest BCUT2D eigenvalue weighted by Crippen LogP contribution is -2.58. The summed E-state index contributed by atoms with van der Waals surface area (Å²) in [5.41, 5.74) is 5.43. The molecule has 2 fully saturated rings. The van der Waals surface area contributed by atoms with E-state index >= 15 is 0 Å².